The lowest BCUT2D eigenvalue weighted by Crippen LogP contribution is -2.26. The van der Waals surface area contributed by atoms with Crippen LogP contribution in [-0.2, 0) is 5.41 Å². The van der Waals surface area contributed by atoms with Crippen molar-refractivity contribution in [1.82, 2.24) is 4.57 Å². The summed E-state index contributed by atoms with van der Waals surface area (Å²) in [5, 5.41) is 7.44. The predicted octanol–water partition coefficient (Wildman–Crippen LogP) is 18.2. The molecule has 12 aromatic carbocycles. The lowest BCUT2D eigenvalue weighted by atomic mass is 9.70. The van der Waals surface area contributed by atoms with Gasteiger partial charge in [0.15, 0.2) is 0 Å². The van der Waals surface area contributed by atoms with Gasteiger partial charge in [-0.15, -0.1) is 0 Å². The lowest BCUT2D eigenvalue weighted by molar-refractivity contribution is 0.793. The van der Waals surface area contributed by atoms with Gasteiger partial charge in [-0.2, -0.15) is 0 Å². The van der Waals surface area contributed by atoms with Crippen molar-refractivity contribution in [2.24, 2.45) is 0 Å². The highest BCUT2D eigenvalue weighted by atomic mass is 15.1. The van der Waals surface area contributed by atoms with Gasteiger partial charge in [0.2, 0.25) is 0 Å². The molecule has 330 valence electrons. The molecule has 0 bridgehead atoms. The average Bonchev–Trinajstić information content (AvgIpc) is 4.05. The summed E-state index contributed by atoms with van der Waals surface area (Å²) in [6.07, 6.45) is 0. The maximum atomic E-state index is 2.48. The van der Waals surface area contributed by atoms with Crippen LogP contribution in [0.4, 0.5) is 17.1 Å². The minimum Gasteiger partial charge on any atom is -0.310 e. The van der Waals surface area contributed by atoms with Gasteiger partial charge in [-0.3, -0.25) is 0 Å². The summed E-state index contributed by atoms with van der Waals surface area (Å²) in [6.45, 7) is 0. The van der Waals surface area contributed by atoms with Crippen molar-refractivity contribution < 1.29 is 0 Å². The summed E-state index contributed by atoms with van der Waals surface area (Å²) >= 11 is 0. The second-order valence-electron chi connectivity index (χ2n) is 19.2. The molecule has 0 saturated carbocycles. The van der Waals surface area contributed by atoms with Crippen LogP contribution in [0.3, 0.4) is 0 Å². The molecule has 2 aliphatic rings. The molecule has 15 rings (SSSR count). The lowest BCUT2D eigenvalue weighted by Gasteiger charge is -2.32. The molecule has 1 spiro atoms. The summed E-state index contributed by atoms with van der Waals surface area (Å²) in [5.74, 6) is 0. The Morgan fingerprint density at radius 2 is 0.746 bits per heavy atom. The average molecular weight is 901 g/mol. The van der Waals surface area contributed by atoms with Crippen LogP contribution in [0, 0.1) is 0 Å². The molecule has 0 aliphatic heterocycles. The van der Waals surface area contributed by atoms with E-state index in [0.717, 1.165) is 17.1 Å². The van der Waals surface area contributed by atoms with Gasteiger partial charge in [0.25, 0.3) is 0 Å². The van der Waals surface area contributed by atoms with Gasteiger partial charge >= 0.3 is 0 Å². The van der Waals surface area contributed by atoms with Gasteiger partial charge in [0.1, 0.15) is 0 Å². The first-order valence-electron chi connectivity index (χ1n) is 24.7. The largest absolute Gasteiger partial charge is 0.310 e. The Balaban J connectivity index is 0.816. The van der Waals surface area contributed by atoms with E-state index in [-0.39, 0.29) is 0 Å². The van der Waals surface area contributed by atoms with E-state index >= 15 is 0 Å². The zero-order chi connectivity index (χ0) is 46.6. The van der Waals surface area contributed by atoms with Gasteiger partial charge in [-0.05, 0) is 144 Å². The molecule has 0 atom stereocenters. The first-order chi connectivity index (χ1) is 35.2. The highest BCUT2D eigenvalue weighted by molar-refractivity contribution is 6.12. The number of rotatable bonds is 6. The van der Waals surface area contributed by atoms with E-state index in [1.165, 1.54) is 116 Å². The predicted molar refractivity (Wildman–Crippen MR) is 298 cm³/mol. The summed E-state index contributed by atoms with van der Waals surface area (Å²) in [5.41, 5.74) is 21.9. The summed E-state index contributed by atoms with van der Waals surface area (Å²) in [6, 6.07) is 99.0. The zero-order valence-corrected chi connectivity index (χ0v) is 38.8. The second kappa shape index (κ2) is 15.4. The molecule has 71 heavy (non-hydrogen) atoms. The number of hydrogen-bond donors (Lipinski definition) is 0. The van der Waals surface area contributed by atoms with Crippen molar-refractivity contribution in [3.63, 3.8) is 0 Å². The Labute approximate surface area is 412 Å². The van der Waals surface area contributed by atoms with Crippen LogP contribution in [0.2, 0.25) is 0 Å². The van der Waals surface area contributed by atoms with Crippen LogP contribution in [-0.4, -0.2) is 4.57 Å². The first-order valence-corrected chi connectivity index (χ1v) is 24.7. The van der Waals surface area contributed by atoms with Gasteiger partial charge in [-0.1, -0.05) is 206 Å². The highest BCUT2D eigenvalue weighted by Gasteiger charge is 2.51. The van der Waals surface area contributed by atoms with Crippen LogP contribution < -0.4 is 4.90 Å². The molecule has 0 N–H and O–H groups in total. The Bertz CT molecular complexity index is 4220. The monoisotopic (exact) mass is 900 g/mol. The number of anilines is 3. The van der Waals surface area contributed by atoms with Gasteiger partial charge < -0.3 is 9.47 Å². The summed E-state index contributed by atoms with van der Waals surface area (Å²) in [7, 11) is 0. The summed E-state index contributed by atoms with van der Waals surface area (Å²) in [4.78, 5) is 2.44. The van der Waals surface area contributed by atoms with Gasteiger partial charge in [0, 0.05) is 33.2 Å². The zero-order valence-electron chi connectivity index (χ0n) is 38.8. The normalized spacial score (nSPS) is 12.9. The third kappa shape index (κ3) is 5.83. The third-order valence-electron chi connectivity index (χ3n) is 15.6. The van der Waals surface area contributed by atoms with Gasteiger partial charge in [0.05, 0.1) is 22.1 Å². The van der Waals surface area contributed by atoms with Crippen LogP contribution in [0.1, 0.15) is 22.3 Å². The number of aromatic nitrogens is 1. The maximum absolute atomic E-state index is 2.48. The molecular formula is C69H44N2. The fraction of sp³-hybridized carbons (Fsp3) is 0.0145. The van der Waals surface area contributed by atoms with E-state index in [4.69, 9.17) is 0 Å². The Kier molecular flexibility index (Phi) is 8.61. The molecule has 0 radical (unpaired) electrons. The molecule has 0 saturated heterocycles. The van der Waals surface area contributed by atoms with Crippen molar-refractivity contribution in [3.8, 4) is 50.2 Å². The van der Waals surface area contributed by atoms with E-state index in [1.54, 1.807) is 0 Å². The van der Waals surface area contributed by atoms with E-state index in [2.05, 4.69) is 276 Å². The van der Waals surface area contributed by atoms with E-state index < -0.39 is 5.41 Å². The van der Waals surface area contributed by atoms with Gasteiger partial charge in [-0.25, -0.2) is 0 Å². The Hall–Kier alpha value is -9.24. The highest BCUT2D eigenvalue weighted by Crippen LogP contribution is 2.63. The first kappa shape index (κ1) is 39.7. The number of benzene rings is 12. The second-order valence-corrected chi connectivity index (χ2v) is 19.2. The minimum absolute atomic E-state index is 0.428. The SMILES string of the molecule is c1ccc2c(c1)-c1ccccc1C21c2ccccc2-c2ccc(N(c3ccc(-c4ccc(-c5ccc6c(c5)c5ccccc5n6-c5cccc6ccccc56)cc4)cc3)c3ccc4ccccc4c3)cc21. The fourth-order valence-corrected chi connectivity index (χ4v) is 12.5. The molecule has 2 nitrogen and oxygen atoms in total. The van der Waals surface area contributed by atoms with Crippen molar-refractivity contribution in [2.45, 2.75) is 5.41 Å². The smallest absolute Gasteiger partial charge is 0.0726 e. The van der Waals surface area contributed by atoms with Crippen LogP contribution in [0.5, 0.6) is 0 Å². The van der Waals surface area contributed by atoms with Crippen molar-refractivity contribution >= 4 is 60.4 Å². The van der Waals surface area contributed by atoms with E-state index in [1.807, 2.05) is 0 Å². The minimum atomic E-state index is -0.428. The van der Waals surface area contributed by atoms with Crippen molar-refractivity contribution in [2.75, 3.05) is 4.90 Å². The Morgan fingerprint density at radius 3 is 1.45 bits per heavy atom. The Morgan fingerprint density at radius 1 is 0.268 bits per heavy atom. The number of para-hydroxylation sites is 1. The third-order valence-corrected chi connectivity index (χ3v) is 15.6. The summed E-state index contributed by atoms with van der Waals surface area (Å²) < 4.78 is 2.43. The molecule has 2 heteroatoms. The van der Waals surface area contributed by atoms with Crippen molar-refractivity contribution in [3.05, 3.63) is 289 Å². The molecule has 1 heterocycles. The quantitative estimate of drug-likeness (QED) is 0.161. The molecule has 13 aromatic rings. The van der Waals surface area contributed by atoms with Crippen LogP contribution in [0.25, 0.3) is 93.5 Å². The molecular weight excluding hydrogens is 857 g/mol. The molecule has 0 unspecified atom stereocenters. The van der Waals surface area contributed by atoms with Crippen LogP contribution in [0.15, 0.2) is 267 Å². The number of hydrogen-bond acceptors (Lipinski definition) is 1. The number of fused-ring (bicyclic) bond motifs is 15. The molecule has 1 aromatic heterocycles. The van der Waals surface area contributed by atoms with Crippen LogP contribution >= 0.6 is 0 Å². The number of nitrogens with zero attached hydrogens (tertiary/aromatic N) is 2. The molecule has 0 fully saturated rings. The molecule has 0 amide bonds. The fourth-order valence-electron chi connectivity index (χ4n) is 12.5. The van der Waals surface area contributed by atoms with Crippen molar-refractivity contribution in [1.29, 1.82) is 0 Å². The topological polar surface area (TPSA) is 8.17 Å². The molecule has 2 aliphatic carbocycles. The standard InChI is InChI=1S/C69H44N2/c1-2-16-50-42-53(38-34-45(50)14-1)70(54-39-40-59-58-21-7-11-25-64(58)69(65(59)44-54)62-23-9-5-19-56(62)57-20-6-10-24-63(57)69)52-36-32-47(33-37-52)46-28-30-48(31-29-46)51-35-41-68-61(43-51)60-22-8-12-26-67(60)71(68)66-27-13-17-49-15-3-4-18-55(49)66/h1-44H. The van der Waals surface area contributed by atoms with E-state index in [9.17, 15) is 0 Å². The maximum Gasteiger partial charge on any atom is 0.0726 e. The van der Waals surface area contributed by atoms with E-state index in [0.29, 0.717) is 0 Å².